The Kier molecular flexibility index (Phi) is 3.91. The lowest BCUT2D eigenvalue weighted by Crippen LogP contribution is -2.00. The Bertz CT molecular complexity index is 1050. The summed E-state index contributed by atoms with van der Waals surface area (Å²) in [5, 5.41) is 3.98. The Morgan fingerprint density at radius 3 is 2.21 bits per heavy atom. The average molecular weight is 372 g/mol. The Labute approximate surface area is 150 Å². The number of aryl methyl sites for hydroxylation is 1. The standard InChI is InChI=1S/C17H12N2O2S3/c1-9-5-7-22-15(9)10-3-4-11(14-13(10)18-24-19-14)16-12(6-8-23-16)17(20)21-2/h3-8H,1-2H3. The van der Waals surface area contributed by atoms with Crippen molar-refractivity contribution in [1.29, 1.82) is 0 Å². The zero-order chi connectivity index (χ0) is 16.7. The van der Waals surface area contributed by atoms with Gasteiger partial charge in [0.15, 0.2) is 0 Å². The molecule has 0 bridgehead atoms. The molecule has 24 heavy (non-hydrogen) atoms. The number of carbonyl (C=O) groups excluding carboxylic acids is 1. The zero-order valence-corrected chi connectivity index (χ0v) is 15.3. The summed E-state index contributed by atoms with van der Waals surface area (Å²) in [5.41, 5.74) is 5.52. The first kappa shape index (κ1) is 15.4. The Morgan fingerprint density at radius 2 is 1.58 bits per heavy atom. The van der Waals surface area contributed by atoms with E-state index in [1.54, 1.807) is 17.4 Å². The highest BCUT2D eigenvalue weighted by molar-refractivity contribution is 7.14. The lowest BCUT2D eigenvalue weighted by Gasteiger charge is -2.06. The maximum Gasteiger partial charge on any atom is 0.339 e. The number of aromatic nitrogens is 2. The second-order valence-electron chi connectivity index (χ2n) is 5.21. The Morgan fingerprint density at radius 1 is 0.958 bits per heavy atom. The molecule has 0 atom stereocenters. The lowest BCUT2D eigenvalue weighted by atomic mass is 10.0. The van der Waals surface area contributed by atoms with Crippen LogP contribution in [-0.2, 0) is 4.74 Å². The van der Waals surface area contributed by atoms with Crippen molar-refractivity contribution in [2.24, 2.45) is 0 Å². The van der Waals surface area contributed by atoms with Crippen LogP contribution in [0.3, 0.4) is 0 Å². The van der Waals surface area contributed by atoms with Crippen molar-refractivity contribution in [1.82, 2.24) is 8.75 Å². The van der Waals surface area contributed by atoms with Crippen LogP contribution in [0.2, 0.25) is 0 Å². The number of nitrogens with zero attached hydrogens (tertiary/aromatic N) is 2. The smallest absolute Gasteiger partial charge is 0.339 e. The van der Waals surface area contributed by atoms with Crippen LogP contribution in [0, 0.1) is 6.92 Å². The van der Waals surface area contributed by atoms with Gasteiger partial charge >= 0.3 is 5.97 Å². The highest BCUT2D eigenvalue weighted by Crippen LogP contribution is 2.40. The van der Waals surface area contributed by atoms with Gasteiger partial charge in [0.2, 0.25) is 0 Å². The van der Waals surface area contributed by atoms with E-state index < -0.39 is 0 Å². The van der Waals surface area contributed by atoms with E-state index in [-0.39, 0.29) is 5.97 Å². The number of methoxy groups -OCH3 is 1. The predicted molar refractivity (Wildman–Crippen MR) is 100 cm³/mol. The van der Waals surface area contributed by atoms with E-state index in [1.165, 1.54) is 40.6 Å². The fraction of sp³-hybridized carbons (Fsp3) is 0.118. The SMILES string of the molecule is COC(=O)c1ccsc1-c1ccc(-c2sccc2C)c2nsnc12. The first-order valence-corrected chi connectivity index (χ1v) is 9.65. The van der Waals surface area contributed by atoms with Crippen LogP contribution in [0.15, 0.2) is 35.0 Å². The number of carbonyl (C=O) groups is 1. The largest absolute Gasteiger partial charge is 0.465 e. The Hall–Kier alpha value is -2.09. The predicted octanol–water partition coefficient (Wildman–Crippen LogP) is 5.24. The van der Waals surface area contributed by atoms with Crippen LogP contribution in [0.4, 0.5) is 0 Å². The molecule has 0 amide bonds. The quantitative estimate of drug-likeness (QED) is 0.461. The van der Waals surface area contributed by atoms with E-state index in [9.17, 15) is 4.79 Å². The number of thiophene rings is 2. The maximum atomic E-state index is 12.0. The second-order valence-corrected chi connectivity index (χ2v) is 7.57. The maximum absolute atomic E-state index is 12.0. The molecule has 0 aliphatic rings. The molecule has 0 aliphatic heterocycles. The van der Waals surface area contributed by atoms with Gasteiger partial charge in [-0.3, -0.25) is 0 Å². The molecule has 3 heterocycles. The highest BCUT2D eigenvalue weighted by atomic mass is 32.1. The molecule has 4 rings (SSSR count). The van der Waals surface area contributed by atoms with Crippen LogP contribution in [-0.4, -0.2) is 21.8 Å². The number of esters is 1. The summed E-state index contributed by atoms with van der Waals surface area (Å²) in [5.74, 6) is -0.333. The number of ether oxygens (including phenoxy) is 1. The van der Waals surface area contributed by atoms with E-state index >= 15 is 0 Å². The van der Waals surface area contributed by atoms with Crippen LogP contribution in [0.25, 0.3) is 31.9 Å². The number of fused-ring (bicyclic) bond motifs is 1. The number of hydrogen-bond acceptors (Lipinski definition) is 7. The van der Waals surface area contributed by atoms with Gasteiger partial charge in [-0.2, -0.15) is 8.75 Å². The molecule has 0 saturated carbocycles. The third-order valence-electron chi connectivity index (χ3n) is 3.84. The van der Waals surface area contributed by atoms with E-state index in [2.05, 4.69) is 33.2 Å². The molecule has 0 N–H and O–H groups in total. The van der Waals surface area contributed by atoms with Gasteiger partial charge in [-0.25, -0.2) is 4.79 Å². The van der Waals surface area contributed by atoms with Gasteiger partial charge in [-0.05, 0) is 35.4 Å². The molecule has 1 aromatic carbocycles. The van der Waals surface area contributed by atoms with Gasteiger partial charge in [-0.15, -0.1) is 22.7 Å². The summed E-state index contributed by atoms with van der Waals surface area (Å²) in [6, 6.07) is 7.98. The molecule has 120 valence electrons. The van der Waals surface area contributed by atoms with E-state index in [0.29, 0.717) is 5.56 Å². The molecule has 0 fully saturated rings. The summed E-state index contributed by atoms with van der Waals surface area (Å²) in [6.07, 6.45) is 0. The van der Waals surface area contributed by atoms with Crippen LogP contribution >= 0.6 is 34.4 Å². The third-order valence-corrected chi connectivity index (χ3v) is 6.36. The van der Waals surface area contributed by atoms with Gasteiger partial charge in [0.25, 0.3) is 0 Å². The monoisotopic (exact) mass is 372 g/mol. The average Bonchev–Trinajstić information content (AvgIpc) is 3.33. The van der Waals surface area contributed by atoms with Gasteiger partial charge in [0.05, 0.1) is 29.3 Å². The molecule has 0 spiro atoms. The highest BCUT2D eigenvalue weighted by Gasteiger charge is 2.20. The summed E-state index contributed by atoms with van der Waals surface area (Å²) in [6.45, 7) is 2.10. The van der Waals surface area contributed by atoms with Crippen molar-refractivity contribution in [3.8, 4) is 20.9 Å². The molecule has 3 aromatic heterocycles. The molecule has 0 radical (unpaired) electrons. The number of benzene rings is 1. The zero-order valence-electron chi connectivity index (χ0n) is 12.9. The summed E-state index contributed by atoms with van der Waals surface area (Å²) in [7, 11) is 1.40. The first-order chi connectivity index (χ1) is 11.7. The normalized spacial score (nSPS) is 11.1. The van der Waals surface area contributed by atoms with Crippen LogP contribution < -0.4 is 0 Å². The molecule has 4 aromatic rings. The third kappa shape index (κ3) is 2.36. The molecular formula is C17H12N2O2S3. The van der Waals surface area contributed by atoms with Gasteiger partial charge in [-0.1, -0.05) is 12.1 Å². The molecule has 0 saturated heterocycles. The van der Waals surface area contributed by atoms with Crippen molar-refractivity contribution in [2.45, 2.75) is 6.92 Å². The summed E-state index contributed by atoms with van der Waals surface area (Å²) in [4.78, 5) is 14.1. The number of hydrogen-bond donors (Lipinski definition) is 0. The topological polar surface area (TPSA) is 52.1 Å². The van der Waals surface area contributed by atoms with Crippen molar-refractivity contribution < 1.29 is 9.53 Å². The van der Waals surface area contributed by atoms with Crippen molar-refractivity contribution in [3.05, 3.63) is 46.2 Å². The van der Waals surface area contributed by atoms with Gasteiger partial charge in [0.1, 0.15) is 11.0 Å². The fourth-order valence-electron chi connectivity index (χ4n) is 2.67. The minimum Gasteiger partial charge on any atom is -0.465 e. The van der Waals surface area contributed by atoms with Crippen LogP contribution in [0.5, 0.6) is 0 Å². The van der Waals surface area contributed by atoms with Gasteiger partial charge < -0.3 is 4.74 Å². The summed E-state index contributed by atoms with van der Waals surface area (Å²) >= 11 is 4.41. The summed E-state index contributed by atoms with van der Waals surface area (Å²) < 4.78 is 13.9. The Balaban J connectivity index is 1.94. The molecule has 4 nitrogen and oxygen atoms in total. The fourth-order valence-corrected chi connectivity index (χ4v) is 5.11. The minimum atomic E-state index is -0.333. The lowest BCUT2D eigenvalue weighted by molar-refractivity contribution is 0.0602. The molecule has 0 unspecified atom stereocenters. The van der Waals surface area contributed by atoms with Crippen molar-refractivity contribution >= 4 is 51.4 Å². The van der Waals surface area contributed by atoms with Gasteiger partial charge in [0, 0.05) is 16.0 Å². The molecule has 7 heteroatoms. The van der Waals surface area contributed by atoms with Crippen molar-refractivity contribution in [3.63, 3.8) is 0 Å². The minimum absolute atomic E-state index is 0.333. The van der Waals surface area contributed by atoms with Crippen LogP contribution in [0.1, 0.15) is 15.9 Å². The second kappa shape index (κ2) is 6.08. The van der Waals surface area contributed by atoms with E-state index in [1.807, 2.05) is 11.4 Å². The van der Waals surface area contributed by atoms with E-state index in [0.717, 1.165) is 27.0 Å². The first-order valence-electron chi connectivity index (χ1n) is 7.16. The molecule has 0 aliphatic carbocycles. The van der Waals surface area contributed by atoms with E-state index in [4.69, 9.17) is 4.74 Å². The molecular weight excluding hydrogens is 360 g/mol. The van der Waals surface area contributed by atoms with Crippen molar-refractivity contribution in [2.75, 3.05) is 7.11 Å². The number of rotatable bonds is 3.